The van der Waals surface area contributed by atoms with Gasteiger partial charge in [-0.2, -0.15) is 0 Å². The van der Waals surface area contributed by atoms with E-state index in [9.17, 15) is 4.79 Å². The Labute approximate surface area is 96.3 Å². The molecule has 1 fully saturated rings. The van der Waals surface area contributed by atoms with Crippen LogP contribution in [0.2, 0.25) is 0 Å². The van der Waals surface area contributed by atoms with E-state index in [0.29, 0.717) is 12.6 Å². The van der Waals surface area contributed by atoms with Crippen LogP contribution in [0.15, 0.2) is 4.99 Å². The van der Waals surface area contributed by atoms with Crippen molar-refractivity contribution in [2.75, 3.05) is 26.2 Å². The van der Waals surface area contributed by atoms with Crippen molar-refractivity contribution < 1.29 is 4.79 Å². The van der Waals surface area contributed by atoms with Gasteiger partial charge in [-0.3, -0.25) is 9.79 Å². The predicted molar refractivity (Wildman–Crippen MR) is 63.3 cm³/mol. The monoisotopic (exact) mass is 224 g/mol. The highest BCUT2D eigenvalue weighted by atomic mass is 16.2. The molecule has 1 saturated heterocycles. The summed E-state index contributed by atoms with van der Waals surface area (Å²) in [5.41, 5.74) is 0. The maximum atomic E-state index is 11.8. The molecule has 0 aromatic heterocycles. The number of carbonyl (C=O) groups excluding carboxylic acids is 1. The third-order valence-electron chi connectivity index (χ3n) is 3.02. The van der Waals surface area contributed by atoms with E-state index in [2.05, 4.69) is 22.5 Å². The third-order valence-corrected chi connectivity index (χ3v) is 3.02. The average molecular weight is 224 g/mol. The number of nitrogens with one attached hydrogen (secondary N) is 2. The molecule has 0 bridgehead atoms. The van der Waals surface area contributed by atoms with E-state index < -0.39 is 0 Å². The number of aliphatic imine (C=N–C) groups is 1. The summed E-state index contributed by atoms with van der Waals surface area (Å²) in [6.07, 6.45) is 3.53. The van der Waals surface area contributed by atoms with Crippen molar-refractivity contribution >= 4 is 11.9 Å². The van der Waals surface area contributed by atoms with Gasteiger partial charge in [-0.15, -0.1) is 0 Å². The first kappa shape index (κ1) is 11.2. The van der Waals surface area contributed by atoms with Crippen molar-refractivity contribution in [3.05, 3.63) is 0 Å². The molecule has 1 atom stereocenters. The van der Waals surface area contributed by atoms with Crippen LogP contribution in [0.3, 0.4) is 0 Å². The number of hydrogen-bond acceptors (Lipinski definition) is 4. The number of rotatable bonds is 2. The summed E-state index contributed by atoms with van der Waals surface area (Å²) in [6, 6.07) is 0.382. The molecule has 90 valence electrons. The quantitative estimate of drug-likeness (QED) is 0.690. The Morgan fingerprint density at radius 1 is 1.50 bits per heavy atom. The lowest BCUT2D eigenvalue weighted by Gasteiger charge is -2.26. The van der Waals surface area contributed by atoms with E-state index in [-0.39, 0.29) is 5.91 Å². The molecular formula is C11H20N4O. The minimum Gasteiger partial charge on any atom is -0.352 e. The average Bonchev–Trinajstić information content (AvgIpc) is 2.73. The number of carbonyl (C=O) groups is 1. The van der Waals surface area contributed by atoms with Gasteiger partial charge in [0, 0.05) is 19.1 Å². The van der Waals surface area contributed by atoms with Crippen LogP contribution in [0.1, 0.15) is 26.2 Å². The van der Waals surface area contributed by atoms with E-state index in [1.54, 1.807) is 0 Å². The second-order valence-electron chi connectivity index (χ2n) is 4.53. The second-order valence-corrected chi connectivity index (χ2v) is 4.53. The summed E-state index contributed by atoms with van der Waals surface area (Å²) in [4.78, 5) is 18.0. The molecule has 2 N–H and O–H groups in total. The lowest BCUT2D eigenvalue weighted by Crippen LogP contribution is -2.45. The van der Waals surface area contributed by atoms with Gasteiger partial charge >= 0.3 is 0 Å². The third kappa shape index (κ3) is 2.87. The maximum absolute atomic E-state index is 11.8. The van der Waals surface area contributed by atoms with Crippen LogP contribution in [-0.2, 0) is 4.79 Å². The summed E-state index contributed by atoms with van der Waals surface area (Å²) < 4.78 is 0. The van der Waals surface area contributed by atoms with Crippen molar-refractivity contribution in [2.24, 2.45) is 4.99 Å². The number of nitrogens with zero attached hydrogens (tertiary/aromatic N) is 2. The summed E-state index contributed by atoms with van der Waals surface area (Å²) in [7, 11) is 0. The molecule has 1 amide bonds. The first-order valence-electron chi connectivity index (χ1n) is 6.08. The second kappa shape index (κ2) is 5.18. The number of likely N-dealkylation sites (tertiary alicyclic amines) is 1. The highest BCUT2D eigenvalue weighted by Crippen LogP contribution is 2.08. The van der Waals surface area contributed by atoms with E-state index in [4.69, 9.17) is 0 Å². The molecular weight excluding hydrogens is 204 g/mol. The standard InChI is InChI=1S/C11H20N4O/c1-9-7-12-11(14-9)13-8-10(16)15-5-3-2-4-6-15/h9H,2-8H2,1H3,(H2,12,13,14). The number of piperidine rings is 1. The van der Waals surface area contributed by atoms with Crippen molar-refractivity contribution in [2.45, 2.75) is 32.2 Å². The maximum Gasteiger partial charge on any atom is 0.241 e. The highest BCUT2D eigenvalue weighted by molar-refractivity contribution is 5.87. The van der Waals surface area contributed by atoms with Gasteiger partial charge in [0.05, 0.1) is 13.1 Å². The van der Waals surface area contributed by atoms with Crippen LogP contribution in [0.25, 0.3) is 0 Å². The summed E-state index contributed by atoms with van der Waals surface area (Å²) >= 11 is 0. The molecule has 1 unspecified atom stereocenters. The molecule has 2 aliphatic rings. The van der Waals surface area contributed by atoms with Crippen LogP contribution < -0.4 is 10.6 Å². The van der Waals surface area contributed by atoms with Crippen molar-refractivity contribution in [3.63, 3.8) is 0 Å². The fraction of sp³-hybridized carbons (Fsp3) is 0.818. The van der Waals surface area contributed by atoms with Crippen LogP contribution in [0.4, 0.5) is 0 Å². The molecule has 5 heteroatoms. The van der Waals surface area contributed by atoms with Crippen LogP contribution in [0, 0.1) is 0 Å². The van der Waals surface area contributed by atoms with Crippen LogP contribution in [0.5, 0.6) is 0 Å². The molecule has 2 rings (SSSR count). The van der Waals surface area contributed by atoms with Crippen LogP contribution >= 0.6 is 0 Å². The fourth-order valence-electron chi connectivity index (χ4n) is 2.07. The van der Waals surface area contributed by atoms with Gasteiger partial charge in [-0.1, -0.05) is 0 Å². The molecule has 2 aliphatic heterocycles. The smallest absolute Gasteiger partial charge is 0.241 e. The van der Waals surface area contributed by atoms with Crippen molar-refractivity contribution in [1.82, 2.24) is 15.5 Å². The Morgan fingerprint density at radius 2 is 2.25 bits per heavy atom. The molecule has 2 heterocycles. The molecule has 0 spiro atoms. The summed E-state index contributed by atoms with van der Waals surface area (Å²) in [5, 5.41) is 6.24. The predicted octanol–water partition coefficient (Wildman–Crippen LogP) is -0.0638. The zero-order valence-corrected chi connectivity index (χ0v) is 9.83. The van der Waals surface area contributed by atoms with E-state index in [1.807, 2.05) is 4.90 Å². The normalized spacial score (nSPS) is 24.9. The highest BCUT2D eigenvalue weighted by Gasteiger charge is 2.18. The summed E-state index contributed by atoms with van der Waals surface area (Å²) in [5.74, 6) is 0.946. The number of hydrogen-bond donors (Lipinski definition) is 2. The lowest BCUT2D eigenvalue weighted by atomic mass is 10.1. The molecule has 0 aromatic rings. The van der Waals surface area contributed by atoms with E-state index >= 15 is 0 Å². The van der Waals surface area contributed by atoms with E-state index in [0.717, 1.165) is 38.4 Å². The fourth-order valence-corrected chi connectivity index (χ4v) is 2.07. The van der Waals surface area contributed by atoms with Gasteiger partial charge in [-0.25, -0.2) is 0 Å². The van der Waals surface area contributed by atoms with Gasteiger partial charge in [-0.05, 0) is 26.2 Å². The number of amides is 1. The van der Waals surface area contributed by atoms with Gasteiger partial charge < -0.3 is 15.5 Å². The SMILES string of the molecule is CC1CN=C(NCC(=O)N2CCCCC2)N1. The van der Waals surface area contributed by atoms with Gasteiger partial charge in [0.15, 0.2) is 5.96 Å². The Kier molecular flexibility index (Phi) is 3.64. The first-order valence-corrected chi connectivity index (χ1v) is 6.08. The zero-order valence-electron chi connectivity index (χ0n) is 9.83. The minimum absolute atomic E-state index is 0.184. The van der Waals surface area contributed by atoms with Gasteiger partial charge in [0.25, 0.3) is 0 Å². The molecule has 5 nitrogen and oxygen atoms in total. The Morgan fingerprint density at radius 3 is 2.88 bits per heavy atom. The van der Waals surface area contributed by atoms with Crippen molar-refractivity contribution in [3.8, 4) is 0 Å². The topological polar surface area (TPSA) is 56.7 Å². The Hall–Kier alpha value is -1.26. The molecule has 0 aromatic carbocycles. The zero-order chi connectivity index (χ0) is 11.4. The van der Waals surface area contributed by atoms with Crippen LogP contribution in [-0.4, -0.2) is 49.0 Å². The Bertz CT molecular complexity index is 284. The molecule has 0 radical (unpaired) electrons. The first-order chi connectivity index (χ1) is 7.75. The Balaban J connectivity index is 1.71. The largest absolute Gasteiger partial charge is 0.352 e. The van der Waals surface area contributed by atoms with E-state index in [1.165, 1.54) is 6.42 Å². The number of guanidine groups is 1. The van der Waals surface area contributed by atoms with Crippen molar-refractivity contribution in [1.29, 1.82) is 0 Å². The minimum atomic E-state index is 0.184. The summed E-state index contributed by atoms with van der Waals surface area (Å²) in [6.45, 7) is 5.05. The molecule has 0 aliphatic carbocycles. The van der Waals surface area contributed by atoms with Gasteiger partial charge in [0.1, 0.15) is 0 Å². The van der Waals surface area contributed by atoms with Gasteiger partial charge in [0.2, 0.25) is 5.91 Å². The molecule has 16 heavy (non-hydrogen) atoms. The lowest BCUT2D eigenvalue weighted by molar-refractivity contribution is -0.130. The molecule has 0 saturated carbocycles.